The Kier molecular flexibility index (Phi) is 6.25. The van der Waals surface area contributed by atoms with E-state index >= 15 is 0 Å². The van der Waals surface area contributed by atoms with Gasteiger partial charge >= 0.3 is 12.1 Å². The summed E-state index contributed by atoms with van der Waals surface area (Å²) >= 11 is 0. The molecular weight excluding hydrogens is 330 g/mol. The van der Waals surface area contributed by atoms with E-state index in [0.29, 0.717) is 11.8 Å². The van der Waals surface area contributed by atoms with Crippen LogP contribution in [0.2, 0.25) is 0 Å². The summed E-state index contributed by atoms with van der Waals surface area (Å²) in [6, 6.07) is 0. The summed E-state index contributed by atoms with van der Waals surface area (Å²) in [5.74, 6) is 2.28. The van der Waals surface area contributed by atoms with Crippen molar-refractivity contribution < 1.29 is 19.1 Å². The quantitative estimate of drug-likeness (QED) is 0.378. The normalized spacial score (nSPS) is 34.3. The highest BCUT2D eigenvalue weighted by Gasteiger charge is 2.59. The summed E-state index contributed by atoms with van der Waals surface area (Å²) in [6.07, 6.45) is 11.5. The number of ether oxygens (including phenoxy) is 2. The minimum Gasteiger partial charge on any atom is -0.461 e. The summed E-state index contributed by atoms with van der Waals surface area (Å²) in [4.78, 5) is 23.5. The van der Waals surface area contributed by atoms with Crippen molar-refractivity contribution in [2.45, 2.75) is 70.3 Å². The first kappa shape index (κ1) is 19.2. The lowest BCUT2D eigenvalue weighted by Crippen LogP contribution is -2.60. The smallest absolute Gasteiger partial charge is 0.407 e. The van der Waals surface area contributed by atoms with Crippen LogP contribution in [0.25, 0.3) is 0 Å². The molecule has 0 heterocycles. The molecule has 0 aromatic rings. The van der Waals surface area contributed by atoms with Crippen molar-refractivity contribution in [3.05, 3.63) is 12.7 Å². The average molecular weight is 363 g/mol. The van der Waals surface area contributed by atoms with E-state index in [4.69, 9.17) is 9.47 Å². The number of alkyl carbamates (subject to hydrolysis) is 1. The van der Waals surface area contributed by atoms with E-state index in [-0.39, 0.29) is 24.8 Å². The lowest BCUT2D eigenvalue weighted by Gasteiger charge is -2.60. The lowest BCUT2D eigenvalue weighted by molar-refractivity contribution is -0.177. The van der Waals surface area contributed by atoms with E-state index in [1.807, 2.05) is 0 Å². The van der Waals surface area contributed by atoms with Crippen LogP contribution in [0, 0.1) is 23.7 Å². The maximum Gasteiger partial charge on any atom is 0.407 e. The van der Waals surface area contributed by atoms with Crippen molar-refractivity contribution in [1.82, 2.24) is 5.32 Å². The Balaban J connectivity index is 1.59. The maximum atomic E-state index is 12.5. The number of carbonyl (C=O) groups excluding carboxylic acids is 2. The molecule has 0 unspecified atom stereocenters. The molecule has 5 heteroatoms. The van der Waals surface area contributed by atoms with Crippen LogP contribution >= 0.6 is 0 Å². The molecule has 4 aliphatic carbocycles. The number of hydrogen-bond donors (Lipinski definition) is 1. The number of carbonyl (C=O) groups is 2. The second-order valence-corrected chi connectivity index (χ2v) is 8.40. The Labute approximate surface area is 156 Å². The minimum absolute atomic E-state index is 0.139. The molecule has 146 valence electrons. The fraction of sp³-hybridized carbons (Fsp3) is 0.810. The molecule has 4 fully saturated rings. The van der Waals surface area contributed by atoms with Crippen molar-refractivity contribution in [3.8, 4) is 0 Å². The summed E-state index contributed by atoms with van der Waals surface area (Å²) < 4.78 is 11.1. The molecule has 0 spiro atoms. The number of esters is 1. The molecule has 0 atom stereocenters. The van der Waals surface area contributed by atoms with Gasteiger partial charge in [-0.3, -0.25) is 0 Å². The first-order valence-corrected chi connectivity index (χ1v) is 10.3. The van der Waals surface area contributed by atoms with Crippen molar-refractivity contribution in [2.24, 2.45) is 23.7 Å². The van der Waals surface area contributed by atoms with Gasteiger partial charge in [-0.2, -0.15) is 0 Å². The Bertz CT molecular complexity index is 502. The van der Waals surface area contributed by atoms with Crippen molar-refractivity contribution >= 4 is 12.1 Å². The Morgan fingerprint density at radius 2 is 1.77 bits per heavy atom. The van der Waals surface area contributed by atoms with Crippen LogP contribution in [0.5, 0.6) is 0 Å². The zero-order valence-corrected chi connectivity index (χ0v) is 16.0. The van der Waals surface area contributed by atoms with Gasteiger partial charge < -0.3 is 14.8 Å². The van der Waals surface area contributed by atoms with Crippen LogP contribution in [0.1, 0.15) is 64.7 Å². The van der Waals surface area contributed by atoms with Crippen LogP contribution in [0.15, 0.2) is 12.7 Å². The monoisotopic (exact) mass is 363 g/mol. The van der Waals surface area contributed by atoms with E-state index in [1.165, 1.54) is 44.9 Å². The molecule has 0 aromatic heterocycles. The van der Waals surface area contributed by atoms with Gasteiger partial charge in [0.15, 0.2) is 0 Å². The van der Waals surface area contributed by atoms with Gasteiger partial charge in [-0.15, -0.1) is 0 Å². The molecule has 26 heavy (non-hydrogen) atoms. The largest absolute Gasteiger partial charge is 0.461 e. The van der Waals surface area contributed by atoms with Gasteiger partial charge in [0.05, 0.1) is 6.54 Å². The molecule has 0 saturated heterocycles. The van der Waals surface area contributed by atoms with Crippen molar-refractivity contribution in [1.29, 1.82) is 0 Å². The highest BCUT2D eigenvalue weighted by Crippen LogP contribution is 2.61. The highest BCUT2D eigenvalue weighted by molar-refractivity contribution is 5.81. The Morgan fingerprint density at radius 1 is 1.12 bits per heavy atom. The molecule has 0 aliphatic heterocycles. The number of hydrogen-bond acceptors (Lipinski definition) is 4. The summed E-state index contributed by atoms with van der Waals surface area (Å²) in [7, 11) is 0. The maximum absolute atomic E-state index is 12.5. The predicted molar refractivity (Wildman–Crippen MR) is 99.6 cm³/mol. The number of amides is 1. The summed E-state index contributed by atoms with van der Waals surface area (Å²) in [5, 5.41) is 2.76. The molecule has 0 aromatic carbocycles. The number of unbranched alkanes of at least 4 members (excludes halogenated alkanes) is 2. The summed E-state index contributed by atoms with van der Waals surface area (Å²) in [6.45, 7) is 5.97. The topological polar surface area (TPSA) is 64.6 Å². The lowest BCUT2D eigenvalue weighted by atomic mass is 9.49. The van der Waals surface area contributed by atoms with Crippen molar-refractivity contribution in [3.63, 3.8) is 0 Å². The molecule has 4 bridgehead atoms. The van der Waals surface area contributed by atoms with Gasteiger partial charge in [0.1, 0.15) is 12.2 Å². The van der Waals surface area contributed by atoms with Gasteiger partial charge in [-0.05, 0) is 68.6 Å². The number of nitrogens with one attached hydrogen (secondary N) is 1. The van der Waals surface area contributed by atoms with E-state index in [1.54, 1.807) is 0 Å². The average Bonchev–Trinajstić information content (AvgIpc) is 2.62. The zero-order chi connectivity index (χ0) is 18.6. The van der Waals surface area contributed by atoms with E-state index in [2.05, 4.69) is 18.8 Å². The standard InChI is InChI=1S/C21H33NO4/c1-3-5-6-7-21(26-20(24)22-8-9-25-19(23)4-2)17-11-15-10-16(13-17)14-18(21)12-15/h4,15-18H,2-3,5-14H2,1H3,(H,22,24). The molecule has 1 N–H and O–H groups in total. The number of rotatable bonds is 9. The first-order valence-electron chi connectivity index (χ1n) is 10.3. The van der Waals surface area contributed by atoms with E-state index in [9.17, 15) is 9.59 Å². The molecule has 4 aliphatic rings. The summed E-state index contributed by atoms with van der Waals surface area (Å²) in [5.41, 5.74) is -0.273. The highest BCUT2D eigenvalue weighted by atomic mass is 16.6. The molecule has 0 radical (unpaired) electrons. The van der Waals surface area contributed by atoms with Crippen molar-refractivity contribution in [2.75, 3.05) is 13.2 Å². The van der Waals surface area contributed by atoms with Gasteiger partial charge in [0.25, 0.3) is 0 Å². The molecular formula is C21H33NO4. The Hall–Kier alpha value is -1.52. The molecule has 1 amide bonds. The van der Waals surface area contributed by atoms with Crippen LogP contribution in [0.4, 0.5) is 4.79 Å². The van der Waals surface area contributed by atoms with Gasteiger partial charge in [0, 0.05) is 6.08 Å². The third kappa shape index (κ3) is 4.07. The second-order valence-electron chi connectivity index (χ2n) is 8.40. The fourth-order valence-electron chi connectivity index (χ4n) is 5.83. The third-order valence-corrected chi connectivity index (χ3v) is 6.76. The van der Waals surface area contributed by atoms with Crippen LogP contribution in [0.3, 0.4) is 0 Å². The zero-order valence-electron chi connectivity index (χ0n) is 16.0. The van der Waals surface area contributed by atoms with E-state index < -0.39 is 5.97 Å². The van der Waals surface area contributed by atoms with E-state index in [0.717, 1.165) is 30.8 Å². The van der Waals surface area contributed by atoms with Crippen LogP contribution in [-0.4, -0.2) is 30.8 Å². The SMILES string of the molecule is C=CC(=O)OCCNC(=O)OC1(CCCCC)C2CC3CC(C2)CC1C3. The molecule has 4 saturated carbocycles. The third-order valence-electron chi connectivity index (χ3n) is 6.76. The Morgan fingerprint density at radius 3 is 2.35 bits per heavy atom. The fourth-order valence-corrected chi connectivity index (χ4v) is 5.83. The van der Waals surface area contributed by atoms with Gasteiger partial charge in [-0.25, -0.2) is 9.59 Å². The van der Waals surface area contributed by atoms with Crippen LogP contribution in [-0.2, 0) is 14.3 Å². The van der Waals surface area contributed by atoms with Crippen LogP contribution < -0.4 is 5.32 Å². The predicted octanol–water partition coefficient (Wildman–Crippen LogP) is 4.22. The molecule has 4 rings (SSSR count). The van der Waals surface area contributed by atoms with Gasteiger partial charge in [-0.1, -0.05) is 26.3 Å². The minimum atomic E-state index is -0.475. The van der Waals surface area contributed by atoms with Gasteiger partial charge in [0.2, 0.25) is 0 Å². The second kappa shape index (κ2) is 8.45. The first-order chi connectivity index (χ1) is 12.6. The molecule has 5 nitrogen and oxygen atoms in total.